The molecule has 2 fully saturated rings. The number of rotatable bonds is 3. The van der Waals surface area contributed by atoms with Gasteiger partial charge in [0, 0.05) is 23.7 Å². The van der Waals surface area contributed by atoms with Gasteiger partial charge in [0.2, 0.25) is 0 Å². The van der Waals surface area contributed by atoms with Crippen molar-refractivity contribution in [3.8, 4) is 0 Å². The van der Waals surface area contributed by atoms with Crippen molar-refractivity contribution in [2.24, 2.45) is 5.92 Å². The smallest absolute Gasteiger partial charge is 0.146 e. The molecule has 3 heteroatoms. The lowest BCUT2D eigenvalue weighted by Gasteiger charge is -2.19. The predicted molar refractivity (Wildman–Crippen MR) is 55.9 cm³/mol. The summed E-state index contributed by atoms with van der Waals surface area (Å²) in [6, 6.07) is 0. The molecule has 2 aliphatic rings. The number of carbonyl (C=O) groups excluding carboxylic acids is 1. The second-order valence-electron chi connectivity index (χ2n) is 3.55. The van der Waals surface area contributed by atoms with Gasteiger partial charge in [-0.05, 0) is 18.8 Å². The average molecular weight is 202 g/mol. The van der Waals surface area contributed by atoms with Gasteiger partial charge in [0.25, 0.3) is 0 Å². The number of thioether (sulfide) groups is 2. The highest BCUT2D eigenvalue weighted by molar-refractivity contribution is 8.07. The van der Waals surface area contributed by atoms with E-state index >= 15 is 0 Å². The molecular weight excluding hydrogens is 188 g/mol. The van der Waals surface area contributed by atoms with Crippen LogP contribution in [0, 0.1) is 5.92 Å². The summed E-state index contributed by atoms with van der Waals surface area (Å²) in [5.41, 5.74) is 0. The molecule has 1 unspecified atom stereocenters. The van der Waals surface area contributed by atoms with Gasteiger partial charge >= 0.3 is 0 Å². The van der Waals surface area contributed by atoms with Crippen molar-refractivity contribution in [2.75, 3.05) is 17.3 Å². The second kappa shape index (κ2) is 4.05. The standard InChI is InChI=1S/C9H14OS2/c10-8(5-7-1-2-7)9-6-11-3-4-12-9/h7,9H,1-6H2. The van der Waals surface area contributed by atoms with E-state index in [0.29, 0.717) is 11.0 Å². The van der Waals surface area contributed by atoms with Crippen LogP contribution < -0.4 is 0 Å². The van der Waals surface area contributed by atoms with Crippen LogP contribution in [0.3, 0.4) is 0 Å². The Labute approximate surface area is 82.1 Å². The zero-order valence-electron chi connectivity index (χ0n) is 7.12. The van der Waals surface area contributed by atoms with Crippen LogP contribution in [0.4, 0.5) is 0 Å². The van der Waals surface area contributed by atoms with Crippen molar-refractivity contribution in [3.05, 3.63) is 0 Å². The van der Waals surface area contributed by atoms with Crippen LogP contribution in [0.15, 0.2) is 0 Å². The topological polar surface area (TPSA) is 17.1 Å². The quantitative estimate of drug-likeness (QED) is 0.698. The fraction of sp³-hybridized carbons (Fsp3) is 0.889. The van der Waals surface area contributed by atoms with Crippen LogP contribution in [0.5, 0.6) is 0 Å². The molecule has 0 radical (unpaired) electrons. The molecule has 0 N–H and O–H groups in total. The molecule has 1 heterocycles. The van der Waals surface area contributed by atoms with Gasteiger partial charge in [0.1, 0.15) is 5.78 Å². The summed E-state index contributed by atoms with van der Waals surface area (Å²) in [7, 11) is 0. The summed E-state index contributed by atoms with van der Waals surface area (Å²) in [5, 5.41) is 0.337. The Kier molecular flexibility index (Phi) is 3.02. The lowest BCUT2D eigenvalue weighted by atomic mass is 10.1. The fourth-order valence-electron chi connectivity index (χ4n) is 1.41. The van der Waals surface area contributed by atoms with E-state index in [1.807, 2.05) is 23.5 Å². The van der Waals surface area contributed by atoms with Gasteiger partial charge in [-0.2, -0.15) is 11.8 Å². The van der Waals surface area contributed by atoms with Crippen molar-refractivity contribution in [1.82, 2.24) is 0 Å². The zero-order chi connectivity index (χ0) is 8.39. The maximum atomic E-state index is 11.6. The third-order valence-electron chi connectivity index (χ3n) is 2.36. The van der Waals surface area contributed by atoms with E-state index in [1.54, 1.807) is 0 Å². The first-order chi connectivity index (χ1) is 5.86. The summed E-state index contributed by atoms with van der Waals surface area (Å²) in [6.07, 6.45) is 3.48. The molecule has 0 spiro atoms. The number of Topliss-reactive ketones (excluding diaryl/α,β-unsaturated/α-hetero) is 1. The lowest BCUT2D eigenvalue weighted by molar-refractivity contribution is -0.118. The molecule has 68 valence electrons. The Morgan fingerprint density at radius 3 is 2.75 bits per heavy atom. The van der Waals surface area contributed by atoms with Crippen LogP contribution in [0.2, 0.25) is 0 Å². The Morgan fingerprint density at radius 2 is 2.17 bits per heavy atom. The summed E-state index contributed by atoms with van der Waals surface area (Å²) in [4.78, 5) is 11.6. The fourth-order valence-corrected chi connectivity index (χ4v) is 4.07. The van der Waals surface area contributed by atoms with E-state index in [0.717, 1.165) is 18.1 Å². The molecule has 1 aliphatic carbocycles. The van der Waals surface area contributed by atoms with Crippen molar-refractivity contribution in [3.63, 3.8) is 0 Å². The lowest BCUT2D eigenvalue weighted by Crippen LogP contribution is -2.24. The summed E-state index contributed by atoms with van der Waals surface area (Å²) < 4.78 is 0. The minimum Gasteiger partial charge on any atom is -0.298 e. The molecule has 0 bridgehead atoms. The van der Waals surface area contributed by atoms with Gasteiger partial charge < -0.3 is 0 Å². The third kappa shape index (κ3) is 2.43. The molecule has 1 saturated carbocycles. The highest BCUT2D eigenvalue weighted by Crippen LogP contribution is 2.35. The van der Waals surface area contributed by atoms with Crippen molar-refractivity contribution in [2.45, 2.75) is 24.5 Å². The van der Waals surface area contributed by atoms with Gasteiger partial charge in [-0.15, -0.1) is 11.8 Å². The van der Waals surface area contributed by atoms with E-state index in [1.165, 1.54) is 24.3 Å². The molecule has 0 aromatic rings. The molecular formula is C9H14OS2. The average Bonchev–Trinajstić information content (AvgIpc) is 2.90. The first-order valence-electron chi connectivity index (χ1n) is 4.58. The van der Waals surface area contributed by atoms with E-state index < -0.39 is 0 Å². The second-order valence-corrected chi connectivity index (χ2v) is 6.01. The van der Waals surface area contributed by atoms with Crippen LogP contribution in [0.25, 0.3) is 0 Å². The Hall–Kier alpha value is 0.370. The minimum absolute atomic E-state index is 0.337. The van der Waals surface area contributed by atoms with E-state index in [9.17, 15) is 4.79 Å². The molecule has 0 amide bonds. The van der Waals surface area contributed by atoms with Crippen molar-refractivity contribution >= 4 is 29.3 Å². The van der Waals surface area contributed by atoms with E-state index in [4.69, 9.17) is 0 Å². The van der Waals surface area contributed by atoms with E-state index in [-0.39, 0.29) is 0 Å². The van der Waals surface area contributed by atoms with E-state index in [2.05, 4.69) is 0 Å². The molecule has 1 aliphatic heterocycles. The maximum absolute atomic E-state index is 11.6. The van der Waals surface area contributed by atoms with Crippen LogP contribution in [0.1, 0.15) is 19.3 Å². The predicted octanol–water partition coefficient (Wildman–Crippen LogP) is 2.20. The third-order valence-corrected chi connectivity index (χ3v) is 5.16. The van der Waals surface area contributed by atoms with Crippen LogP contribution >= 0.6 is 23.5 Å². The summed E-state index contributed by atoms with van der Waals surface area (Å²) in [5.74, 6) is 4.76. The highest BCUT2D eigenvalue weighted by atomic mass is 32.2. The molecule has 1 atom stereocenters. The normalized spacial score (nSPS) is 30.2. The molecule has 12 heavy (non-hydrogen) atoms. The van der Waals surface area contributed by atoms with Gasteiger partial charge in [-0.1, -0.05) is 0 Å². The molecule has 2 rings (SSSR count). The highest BCUT2D eigenvalue weighted by Gasteiger charge is 2.29. The summed E-state index contributed by atoms with van der Waals surface area (Å²) in [6.45, 7) is 0. The number of hydrogen-bond donors (Lipinski definition) is 0. The Bertz CT molecular complexity index is 171. The number of hydrogen-bond acceptors (Lipinski definition) is 3. The minimum atomic E-state index is 0.337. The van der Waals surface area contributed by atoms with Gasteiger partial charge in [0.05, 0.1) is 5.25 Å². The largest absolute Gasteiger partial charge is 0.298 e. The van der Waals surface area contributed by atoms with Crippen LogP contribution in [-0.2, 0) is 4.79 Å². The Morgan fingerprint density at radius 1 is 1.33 bits per heavy atom. The van der Waals surface area contributed by atoms with Gasteiger partial charge in [0.15, 0.2) is 0 Å². The summed E-state index contributed by atoms with van der Waals surface area (Å²) >= 11 is 3.81. The first-order valence-corrected chi connectivity index (χ1v) is 6.78. The zero-order valence-corrected chi connectivity index (χ0v) is 8.76. The number of carbonyl (C=O) groups is 1. The van der Waals surface area contributed by atoms with Gasteiger partial charge in [-0.25, -0.2) is 0 Å². The Balaban J connectivity index is 1.76. The molecule has 0 aromatic heterocycles. The van der Waals surface area contributed by atoms with Crippen molar-refractivity contribution in [1.29, 1.82) is 0 Å². The van der Waals surface area contributed by atoms with Crippen molar-refractivity contribution < 1.29 is 4.79 Å². The maximum Gasteiger partial charge on any atom is 0.146 e. The SMILES string of the molecule is O=C(CC1CC1)C1CSCCS1. The first kappa shape index (κ1) is 8.95. The van der Waals surface area contributed by atoms with Crippen LogP contribution in [-0.4, -0.2) is 28.3 Å². The molecule has 1 saturated heterocycles. The molecule has 0 aromatic carbocycles. The molecule has 1 nitrogen and oxygen atoms in total. The monoisotopic (exact) mass is 202 g/mol. The number of ketones is 1. The van der Waals surface area contributed by atoms with Gasteiger partial charge in [-0.3, -0.25) is 4.79 Å².